The number of anilines is 1. The van der Waals surface area contributed by atoms with Gasteiger partial charge in [-0.05, 0) is 41.8 Å². The number of nitrogen functional groups attached to an aromatic ring is 1. The summed E-state index contributed by atoms with van der Waals surface area (Å²) in [4.78, 5) is 12.3. The van der Waals surface area contributed by atoms with Crippen molar-refractivity contribution in [2.75, 3.05) is 16.9 Å². The molecule has 3 rings (SSSR count). The van der Waals surface area contributed by atoms with Crippen LogP contribution < -0.4 is 11.2 Å². The van der Waals surface area contributed by atoms with Gasteiger partial charge in [0, 0.05) is 16.3 Å². The first kappa shape index (κ1) is 19.3. The molecule has 0 spiro atoms. The van der Waals surface area contributed by atoms with Crippen molar-refractivity contribution in [3.05, 3.63) is 59.1 Å². The van der Waals surface area contributed by atoms with Gasteiger partial charge in [0.15, 0.2) is 5.82 Å². The second-order valence-corrected chi connectivity index (χ2v) is 7.64. The third-order valence-electron chi connectivity index (χ3n) is 3.96. The maximum Gasteiger partial charge on any atom is 0.234 e. The molecule has 0 atom stereocenters. The number of nitrogens with one attached hydrogen (secondary N) is 1. The first-order valence-electron chi connectivity index (χ1n) is 8.43. The molecule has 0 unspecified atom stereocenters. The van der Waals surface area contributed by atoms with Gasteiger partial charge in [-0.2, -0.15) is 0 Å². The Morgan fingerprint density at radius 2 is 1.89 bits per heavy atom. The van der Waals surface area contributed by atoms with Crippen LogP contribution in [0.1, 0.15) is 25.3 Å². The van der Waals surface area contributed by atoms with Gasteiger partial charge in [0.1, 0.15) is 0 Å². The van der Waals surface area contributed by atoms with Gasteiger partial charge in [-0.15, -0.1) is 10.2 Å². The number of benzene rings is 2. The summed E-state index contributed by atoms with van der Waals surface area (Å²) in [5.74, 6) is 6.98. The first-order valence-corrected chi connectivity index (χ1v) is 9.80. The molecule has 1 heterocycles. The molecular formula is C19H20ClN5OS. The van der Waals surface area contributed by atoms with Crippen molar-refractivity contribution >= 4 is 35.0 Å². The Kier molecular flexibility index (Phi) is 6.03. The number of halogens is 1. The van der Waals surface area contributed by atoms with E-state index in [1.807, 2.05) is 36.4 Å². The Balaban J connectivity index is 1.65. The van der Waals surface area contributed by atoms with E-state index in [4.69, 9.17) is 17.4 Å². The van der Waals surface area contributed by atoms with E-state index in [-0.39, 0.29) is 11.7 Å². The van der Waals surface area contributed by atoms with Gasteiger partial charge in [-0.25, -0.2) is 4.68 Å². The van der Waals surface area contributed by atoms with Crippen LogP contribution in [0.4, 0.5) is 5.69 Å². The maximum atomic E-state index is 12.3. The van der Waals surface area contributed by atoms with E-state index in [1.54, 1.807) is 12.1 Å². The van der Waals surface area contributed by atoms with E-state index >= 15 is 0 Å². The second kappa shape index (κ2) is 8.45. The van der Waals surface area contributed by atoms with Crippen molar-refractivity contribution in [3.8, 4) is 11.4 Å². The molecule has 27 heavy (non-hydrogen) atoms. The molecule has 0 aliphatic rings. The quantitative estimate of drug-likeness (QED) is 0.478. The normalized spacial score (nSPS) is 11.0. The van der Waals surface area contributed by atoms with Crippen LogP contribution in [0, 0.1) is 0 Å². The van der Waals surface area contributed by atoms with Crippen LogP contribution >= 0.6 is 23.4 Å². The lowest BCUT2D eigenvalue weighted by Crippen LogP contribution is -2.17. The monoisotopic (exact) mass is 401 g/mol. The Labute approximate surface area is 167 Å². The molecule has 0 aliphatic carbocycles. The number of thioether (sulfide) groups is 1. The van der Waals surface area contributed by atoms with E-state index in [0.29, 0.717) is 21.9 Å². The Hall–Kier alpha value is -2.51. The van der Waals surface area contributed by atoms with Crippen LogP contribution in [0.2, 0.25) is 5.02 Å². The molecule has 0 fully saturated rings. The van der Waals surface area contributed by atoms with Gasteiger partial charge in [-0.1, -0.05) is 55.4 Å². The fourth-order valence-corrected chi connectivity index (χ4v) is 3.38. The summed E-state index contributed by atoms with van der Waals surface area (Å²) < 4.78 is 1.38. The maximum absolute atomic E-state index is 12.3. The molecule has 140 valence electrons. The van der Waals surface area contributed by atoms with Crippen LogP contribution in [-0.4, -0.2) is 26.5 Å². The van der Waals surface area contributed by atoms with Gasteiger partial charge in [0.25, 0.3) is 0 Å². The molecule has 3 aromatic rings. The Bertz CT molecular complexity index is 940. The van der Waals surface area contributed by atoms with E-state index < -0.39 is 0 Å². The zero-order valence-corrected chi connectivity index (χ0v) is 16.6. The van der Waals surface area contributed by atoms with E-state index in [1.165, 1.54) is 16.4 Å². The number of carbonyl (C=O) groups is 1. The summed E-state index contributed by atoms with van der Waals surface area (Å²) in [6, 6.07) is 15.0. The number of carbonyl (C=O) groups excluding carboxylic acids is 1. The zero-order chi connectivity index (χ0) is 19.4. The summed E-state index contributed by atoms with van der Waals surface area (Å²) >= 11 is 7.14. The van der Waals surface area contributed by atoms with Gasteiger partial charge >= 0.3 is 0 Å². The molecule has 1 amide bonds. The fraction of sp³-hybridized carbons (Fsp3) is 0.211. The van der Waals surface area contributed by atoms with E-state index in [0.717, 1.165) is 16.8 Å². The molecule has 0 aliphatic heterocycles. The average Bonchev–Trinajstić information content (AvgIpc) is 3.01. The smallest absolute Gasteiger partial charge is 0.234 e. The third kappa shape index (κ3) is 4.61. The number of rotatable bonds is 6. The van der Waals surface area contributed by atoms with Crippen LogP contribution in [-0.2, 0) is 4.79 Å². The zero-order valence-electron chi connectivity index (χ0n) is 15.0. The van der Waals surface area contributed by atoms with Gasteiger partial charge in [-0.3, -0.25) is 4.79 Å². The van der Waals surface area contributed by atoms with Crippen molar-refractivity contribution in [3.63, 3.8) is 0 Å². The van der Waals surface area contributed by atoms with E-state index in [2.05, 4.69) is 29.4 Å². The summed E-state index contributed by atoms with van der Waals surface area (Å²) in [5.41, 5.74) is 2.73. The van der Waals surface area contributed by atoms with Crippen LogP contribution in [0.15, 0.2) is 53.7 Å². The topological polar surface area (TPSA) is 85.8 Å². The van der Waals surface area contributed by atoms with Crippen LogP contribution in [0.25, 0.3) is 11.4 Å². The minimum absolute atomic E-state index is 0.121. The number of amides is 1. The van der Waals surface area contributed by atoms with E-state index in [9.17, 15) is 4.79 Å². The highest BCUT2D eigenvalue weighted by Crippen LogP contribution is 2.25. The minimum Gasteiger partial charge on any atom is -0.335 e. The highest BCUT2D eigenvalue weighted by molar-refractivity contribution is 7.99. The number of hydrogen-bond acceptors (Lipinski definition) is 5. The van der Waals surface area contributed by atoms with Gasteiger partial charge in [0.2, 0.25) is 11.1 Å². The van der Waals surface area contributed by atoms with Crippen molar-refractivity contribution in [2.24, 2.45) is 0 Å². The molecule has 0 bridgehead atoms. The SMILES string of the molecule is CC(C)c1ccccc1NC(=O)CSc1nnc(-c2ccc(Cl)cc2)n1N. The summed E-state index contributed by atoms with van der Waals surface area (Å²) in [5, 5.41) is 12.2. The lowest BCUT2D eigenvalue weighted by molar-refractivity contribution is -0.113. The van der Waals surface area contributed by atoms with Crippen molar-refractivity contribution in [1.82, 2.24) is 14.9 Å². The molecule has 0 radical (unpaired) electrons. The number of nitrogens with zero attached hydrogens (tertiary/aromatic N) is 3. The lowest BCUT2D eigenvalue weighted by Gasteiger charge is -2.13. The fourth-order valence-electron chi connectivity index (χ4n) is 2.60. The average molecular weight is 402 g/mol. The molecule has 6 nitrogen and oxygen atoms in total. The summed E-state index contributed by atoms with van der Waals surface area (Å²) in [6.45, 7) is 4.18. The molecule has 0 saturated heterocycles. The predicted octanol–water partition coefficient (Wildman–Crippen LogP) is 4.17. The third-order valence-corrected chi connectivity index (χ3v) is 5.15. The summed E-state index contributed by atoms with van der Waals surface area (Å²) in [6.07, 6.45) is 0. The standard InChI is InChI=1S/C19H20ClN5OS/c1-12(2)15-5-3-4-6-16(15)22-17(26)11-27-19-24-23-18(25(19)21)13-7-9-14(20)10-8-13/h3-10,12H,11,21H2,1-2H3,(H,22,26). The summed E-state index contributed by atoms with van der Waals surface area (Å²) in [7, 11) is 0. The molecule has 8 heteroatoms. The number of hydrogen-bond donors (Lipinski definition) is 2. The molecule has 0 saturated carbocycles. The van der Waals surface area contributed by atoms with Crippen molar-refractivity contribution < 1.29 is 4.79 Å². The predicted molar refractivity (Wildman–Crippen MR) is 111 cm³/mol. The number of para-hydroxylation sites is 1. The highest BCUT2D eigenvalue weighted by atomic mass is 35.5. The minimum atomic E-state index is -0.121. The first-order chi connectivity index (χ1) is 13.0. The van der Waals surface area contributed by atoms with Crippen LogP contribution in [0.3, 0.4) is 0 Å². The lowest BCUT2D eigenvalue weighted by atomic mass is 10.0. The molecular weight excluding hydrogens is 382 g/mol. The largest absolute Gasteiger partial charge is 0.335 e. The molecule has 3 N–H and O–H groups in total. The molecule has 1 aromatic heterocycles. The van der Waals surface area contributed by atoms with Crippen molar-refractivity contribution in [1.29, 1.82) is 0 Å². The highest BCUT2D eigenvalue weighted by Gasteiger charge is 2.15. The number of aromatic nitrogens is 3. The number of nitrogens with two attached hydrogens (primary N) is 1. The molecule has 2 aromatic carbocycles. The second-order valence-electron chi connectivity index (χ2n) is 6.26. The Morgan fingerprint density at radius 3 is 2.59 bits per heavy atom. The van der Waals surface area contributed by atoms with Crippen LogP contribution in [0.5, 0.6) is 0 Å². The van der Waals surface area contributed by atoms with Gasteiger partial charge in [0.05, 0.1) is 5.75 Å². The van der Waals surface area contributed by atoms with Gasteiger partial charge < -0.3 is 11.2 Å². The Morgan fingerprint density at radius 1 is 1.19 bits per heavy atom. The van der Waals surface area contributed by atoms with Crippen molar-refractivity contribution in [2.45, 2.75) is 24.9 Å².